The van der Waals surface area contributed by atoms with E-state index in [1.807, 2.05) is 30.3 Å². The number of methoxy groups -OCH3 is 1. The molecule has 146 valence electrons. The summed E-state index contributed by atoms with van der Waals surface area (Å²) in [6.45, 7) is 4.21. The third-order valence-corrected chi connectivity index (χ3v) is 4.57. The van der Waals surface area contributed by atoms with Crippen LogP contribution >= 0.6 is 0 Å². The van der Waals surface area contributed by atoms with E-state index >= 15 is 0 Å². The molecule has 1 atom stereocenters. The van der Waals surface area contributed by atoms with Crippen molar-refractivity contribution in [3.63, 3.8) is 0 Å². The fourth-order valence-corrected chi connectivity index (χ4v) is 2.77. The first-order valence-electron chi connectivity index (χ1n) is 9.16. The van der Waals surface area contributed by atoms with E-state index in [4.69, 9.17) is 9.47 Å². The number of hydrogen-bond donors (Lipinski definition) is 1. The lowest BCUT2D eigenvalue weighted by atomic mass is 9.98. The van der Waals surface area contributed by atoms with Crippen LogP contribution in [0.15, 0.2) is 55.1 Å². The van der Waals surface area contributed by atoms with Crippen LogP contribution < -0.4 is 14.8 Å². The van der Waals surface area contributed by atoms with E-state index in [1.54, 1.807) is 36.5 Å². The largest absolute Gasteiger partial charge is 0.497 e. The van der Waals surface area contributed by atoms with E-state index in [1.165, 1.54) is 5.56 Å². The van der Waals surface area contributed by atoms with E-state index in [0.29, 0.717) is 23.1 Å². The van der Waals surface area contributed by atoms with Crippen molar-refractivity contribution in [2.45, 2.75) is 26.2 Å². The molecule has 1 N–H and O–H groups in total. The van der Waals surface area contributed by atoms with Crippen LogP contribution in [0.4, 0.5) is 5.69 Å². The van der Waals surface area contributed by atoms with Crippen LogP contribution in [0.5, 0.6) is 11.5 Å². The Balaban J connectivity index is 1.73. The summed E-state index contributed by atoms with van der Waals surface area (Å²) in [7, 11) is 1.58. The lowest BCUT2D eigenvalue weighted by Gasteiger charge is -2.16. The zero-order valence-corrected chi connectivity index (χ0v) is 16.3. The summed E-state index contributed by atoms with van der Waals surface area (Å²) in [6.07, 6.45) is 4.25. The molecular formula is C21H24N4O3. The molecule has 0 aliphatic carbocycles. The maximum Gasteiger partial charge on any atom is 0.262 e. The van der Waals surface area contributed by atoms with Gasteiger partial charge in [0.2, 0.25) is 0 Å². The molecule has 1 aromatic heterocycles. The second kappa shape index (κ2) is 9.03. The summed E-state index contributed by atoms with van der Waals surface area (Å²) in [5, 5.41) is 10.5. The van der Waals surface area contributed by atoms with Gasteiger partial charge >= 0.3 is 0 Å². The maximum absolute atomic E-state index is 12.3. The molecule has 1 amide bonds. The van der Waals surface area contributed by atoms with Gasteiger partial charge in [-0.25, -0.2) is 0 Å². The van der Waals surface area contributed by atoms with Crippen LogP contribution in [0.1, 0.15) is 31.7 Å². The van der Waals surface area contributed by atoms with Gasteiger partial charge in [0.15, 0.2) is 6.61 Å². The molecule has 0 unspecified atom stereocenters. The molecule has 0 bridgehead atoms. The van der Waals surface area contributed by atoms with Gasteiger partial charge < -0.3 is 14.8 Å². The van der Waals surface area contributed by atoms with Crippen molar-refractivity contribution in [2.75, 3.05) is 19.0 Å². The Morgan fingerprint density at radius 3 is 2.68 bits per heavy atom. The van der Waals surface area contributed by atoms with Crippen LogP contribution in [0.3, 0.4) is 0 Å². The molecule has 7 nitrogen and oxygen atoms in total. The molecular weight excluding hydrogens is 356 g/mol. The predicted molar refractivity (Wildman–Crippen MR) is 107 cm³/mol. The van der Waals surface area contributed by atoms with E-state index in [-0.39, 0.29) is 12.5 Å². The molecule has 0 saturated carbocycles. The van der Waals surface area contributed by atoms with Crippen LogP contribution in [-0.4, -0.2) is 34.4 Å². The molecule has 0 radical (unpaired) electrons. The van der Waals surface area contributed by atoms with Crippen LogP contribution in [0, 0.1) is 0 Å². The molecule has 0 aliphatic heterocycles. The number of rotatable bonds is 8. The van der Waals surface area contributed by atoms with Crippen molar-refractivity contribution in [3.8, 4) is 17.2 Å². The van der Waals surface area contributed by atoms with Crippen LogP contribution in [0.25, 0.3) is 5.69 Å². The summed E-state index contributed by atoms with van der Waals surface area (Å²) in [6, 6.07) is 13.1. The highest BCUT2D eigenvalue weighted by atomic mass is 16.5. The lowest BCUT2D eigenvalue weighted by Crippen LogP contribution is -2.20. The van der Waals surface area contributed by atoms with Gasteiger partial charge in [0, 0.05) is 11.8 Å². The third-order valence-electron chi connectivity index (χ3n) is 4.57. The number of nitrogens with one attached hydrogen (secondary N) is 1. The molecule has 3 rings (SSSR count). The number of carbonyl (C=O) groups excluding carboxylic acids is 1. The normalized spacial score (nSPS) is 11.7. The Hall–Kier alpha value is -3.35. The fraction of sp³-hybridized carbons (Fsp3) is 0.286. The zero-order chi connectivity index (χ0) is 19.9. The van der Waals surface area contributed by atoms with Gasteiger partial charge in [-0.05, 0) is 42.2 Å². The van der Waals surface area contributed by atoms with Crippen LogP contribution in [-0.2, 0) is 4.79 Å². The number of nitrogens with zero attached hydrogens (tertiary/aromatic N) is 3. The van der Waals surface area contributed by atoms with Crippen molar-refractivity contribution in [2.24, 2.45) is 0 Å². The highest BCUT2D eigenvalue weighted by Gasteiger charge is 2.13. The minimum absolute atomic E-state index is 0.116. The fourth-order valence-electron chi connectivity index (χ4n) is 2.77. The van der Waals surface area contributed by atoms with Crippen LogP contribution in [0.2, 0.25) is 0 Å². The van der Waals surface area contributed by atoms with E-state index < -0.39 is 0 Å². The summed E-state index contributed by atoms with van der Waals surface area (Å²) in [5.41, 5.74) is 2.65. The second-order valence-corrected chi connectivity index (χ2v) is 6.47. The van der Waals surface area contributed by atoms with Gasteiger partial charge in [0.05, 0.1) is 12.8 Å². The number of carbonyl (C=O) groups is 1. The molecule has 1 heterocycles. The molecule has 0 aliphatic rings. The number of anilines is 1. The molecule has 0 spiro atoms. The number of amides is 1. The highest BCUT2D eigenvalue weighted by Crippen LogP contribution is 2.28. The smallest absolute Gasteiger partial charge is 0.262 e. The second-order valence-electron chi connectivity index (χ2n) is 6.47. The Labute approximate surface area is 164 Å². The minimum Gasteiger partial charge on any atom is -0.497 e. The topological polar surface area (TPSA) is 78.3 Å². The monoisotopic (exact) mass is 380 g/mol. The number of aromatic nitrogens is 3. The first-order chi connectivity index (χ1) is 13.6. The van der Waals surface area contributed by atoms with Gasteiger partial charge in [0.1, 0.15) is 24.2 Å². The standard InChI is InChI=1S/C21H24N4O3/c1-4-15(2)16-8-9-20(19(10-16)25-13-22-23-14-25)28-12-21(26)24-17-6-5-7-18(11-17)27-3/h5-11,13-15H,4,12H2,1-3H3,(H,24,26)/t15-/m0/s1. The number of hydrogen-bond acceptors (Lipinski definition) is 5. The van der Waals surface area contributed by atoms with E-state index in [2.05, 4.69) is 29.4 Å². The number of benzene rings is 2. The first-order valence-corrected chi connectivity index (χ1v) is 9.16. The third kappa shape index (κ3) is 4.68. The molecule has 28 heavy (non-hydrogen) atoms. The Bertz CT molecular complexity index is 925. The number of ether oxygens (including phenoxy) is 2. The van der Waals surface area contributed by atoms with Crippen molar-refractivity contribution >= 4 is 11.6 Å². The Morgan fingerprint density at radius 2 is 1.96 bits per heavy atom. The molecule has 0 saturated heterocycles. The predicted octanol–water partition coefficient (Wildman–Crippen LogP) is 3.81. The van der Waals surface area contributed by atoms with Gasteiger partial charge in [-0.15, -0.1) is 10.2 Å². The van der Waals surface area contributed by atoms with Crippen molar-refractivity contribution < 1.29 is 14.3 Å². The molecule has 0 fully saturated rings. The van der Waals surface area contributed by atoms with Crippen molar-refractivity contribution in [1.29, 1.82) is 0 Å². The van der Waals surface area contributed by atoms with E-state index in [9.17, 15) is 4.79 Å². The summed E-state index contributed by atoms with van der Waals surface area (Å²) in [5.74, 6) is 1.43. The quantitative estimate of drug-likeness (QED) is 0.643. The molecule has 3 aromatic rings. The highest BCUT2D eigenvalue weighted by molar-refractivity contribution is 5.92. The Morgan fingerprint density at radius 1 is 1.18 bits per heavy atom. The first kappa shape index (κ1) is 19.4. The van der Waals surface area contributed by atoms with E-state index in [0.717, 1.165) is 12.1 Å². The van der Waals surface area contributed by atoms with Crippen molar-refractivity contribution in [1.82, 2.24) is 14.8 Å². The summed E-state index contributed by atoms with van der Waals surface area (Å²) in [4.78, 5) is 12.3. The average Bonchev–Trinajstić information content (AvgIpc) is 3.26. The average molecular weight is 380 g/mol. The summed E-state index contributed by atoms with van der Waals surface area (Å²) >= 11 is 0. The summed E-state index contributed by atoms with van der Waals surface area (Å²) < 4.78 is 12.7. The Kier molecular flexibility index (Phi) is 6.26. The maximum atomic E-state index is 12.3. The molecule has 2 aromatic carbocycles. The molecule has 7 heteroatoms. The van der Waals surface area contributed by atoms with Gasteiger partial charge in [-0.2, -0.15) is 0 Å². The zero-order valence-electron chi connectivity index (χ0n) is 16.3. The minimum atomic E-state index is -0.256. The van der Waals surface area contributed by atoms with Gasteiger partial charge in [0.25, 0.3) is 5.91 Å². The van der Waals surface area contributed by atoms with Gasteiger partial charge in [-0.3, -0.25) is 9.36 Å². The van der Waals surface area contributed by atoms with Gasteiger partial charge in [-0.1, -0.05) is 26.0 Å². The SMILES string of the molecule is CC[C@H](C)c1ccc(OCC(=O)Nc2cccc(OC)c2)c(-n2cnnc2)c1. The van der Waals surface area contributed by atoms with Crippen molar-refractivity contribution in [3.05, 3.63) is 60.7 Å². The lowest BCUT2D eigenvalue weighted by molar-refractivity contribution is -0.118.